The lowest BCUT2D eigenvalue weighted by Crippen LogP contribution is -2.18. The molecule has 0 saturated carbocycles. The van der Waals surface area contributed by atoms with E-state index in [1.807, 2.05) is 13.8 Å². The Kier molecular flexibility index (Phi) is 5.62. The van der Waals surface area contributed by atoms with Crippen molar-refractivity contribution in [2.75, 3.05) is 10.6 Å². The molecule has 174 valence electrons. The Bertz CT molecular complexity index is 1700. The first-order valence-corrected chi connectivity index (χ1v) is 11.1. The predicted molar refractivity (Wildman–Crippen MR) is 136 cm³/mol. The Hall–Kier alpha value is -4.36. The molecule has 0 aliphatic heterocycles. The van der Waals surface area contributed by atoms with Crippen molar-refractivity contribution in [1.82, 2.24) is 0 Å². The Labute approximate surface area is 204 Å². The highest BCUT2D eigenvalue weighted by Crippen LogP contribution is 2.32. The molecule has 5 rings (SSSR count). The number of amides is 2. The van der Waals surface area contributed by atoms with Gasteiger partial charge in [0.15, 0.2) is 11.2 Å². The zero-order chi connectivity index (χ0) is 24.7. The summed E-state index contributed by atoms with van der Waals surface area (Å²) in [5.74, 6) is -1.55. The van der Waals surface area contributed by atoms with E-state index in [1.54, 1.807) is 60.7 Å². The summed E-state index contributed by atoms with van der Waals surface area (Å²) in [5.41, 5.74) is 2.88. The summed E-state index contributed by atoms with van der Waals surface area (Å²) in [7, 11) is 0. The van der Waals surface area contributed by atoms with Crippen LogP contribution in [0.25, 0.3) is 21.9 Å². The minimum absolute atomic E-state index is 0.103. The molecule has 0 fully saturated rings. The van der Waals surface area contributed by atoms with Crippen molar-refractivity contribution in [1.29, 1.82) is 0 Å². The molecule has 3 aromatic carbocycles. The summed E-state index contributed by atoms with van der Waals surface area (Å²) < 4.78 is 11.5. The molecule has 2 aromatic heterocycles. The Morgan fingerprint density at radius 1 is 0.771 bits per heavy atom. The fourth-order valence-corrected chi connectivity index (χ4v) is 3.97. The van der Waals surface area contributed by atoms with Gasteiger partial charge in [0, 0.05) is 22.2 Å². The molecule has 35 heavy (non-hydrogen) atoms. The second-order valence-corrected chi connectivity index (χ2v) is 8.56. The van der Waals surface area contributed by atoms with Gasteiger partial charge >= 0.3 is 0 Å². The zero-order valence-electron chi connectivity index (χ0n) is 18.8. The van der Waals surface area contributed by atoms with Gasteiger partial charge in [-0.3, -0.25) is 14.4 Å². The molecule has 2 N–H and O–H groups in total. The lowest BCUT2D eigenvalue weighted by molar-refractivity contribution is 0.0996. The number of hydrogen-bond donors (Lipinski definition) is 2. The van der Waals surface area contributed by atoms with Crippen LogP contribution in [0.1, 0.15) is 32.2 Å². The normalized spacial score (nSPS) is 11.1. The maximum Gasteiger partial charge on any atom is 0.293 e. The predicted octanol–water partition coefficient (Wildman–Crippen LogP) is 6.31. The van der Waals surface area contributed by atoms with Crippen molar-refractivity contribution < 1.29 is 18.4 Å². The standard InChI is InChI=1S/C27H19ClN2O5/c1-14-10-19-20(31)13-23(34-22(19)11-15(14)2)26(32)30-24-18-8-3-4-9-21(18)35-25(24)27(33)29-17-7-5-6-16(28)12-17/h3-13H,1-2H3,(H,29,33)(H,30,32). The van der Waals surface area contributed by atoms with Gasteiger partial charge in [-0.25, -0.2) is 0 Å². The highest BCUT2D eigenvalue weighted by molar-refractivity contribution is 6.31. The Morgan fingerprint density at radius 3 is 2.34 bits per heavy atom. The summed E-state index contributed by atoms with van der Waals surface area (Å²) in [6.07, 6.45) is 0. The number of carbonyl (C=O) groups is 2. The molecule has 8 heteroatoms. The molecule has 2 heterocycles. The quantitative estimate of drug-likeness (QED) is 0.310. The summed E-state index contributed by atoms with van der Waals surface area (Å²) >= 11 is 6.01. The molecule has 0 radical (unpaired) electrons. The van der Waals surface area contributed by atoms with Gasteiger partial charge in [-0.1, -0.05) is 29.8 Å². The molecule has 0 bridgehead atoms. The van der Waals surface area contributed by atoms with Crippen LogP contribution >= 0.6 is 11.6 Å². The second kappa shape index (κ2) is 8.77. The molecule has 7 nitrogen and oxygen atoms in total. The average molecular weight is 487 g/mol. The van der Waals surface area contributed by atoms with E-state index >= 15 is 0 Å². The maximum atomic E-state index is 13.1. The topological polar surface area (TPSA) is 102 Å². The minimum atomic E-state index is -0.689. The lowest BCUT2D eigenvalue weighted by atomic mass is 10.1. The van der Waals surface area contributed by atoms with E-state index < -0.39 is 11.8 Å². The molecule has 5 aromatic rings. The number of anilines is 2. The van der Waals surface area contributed by atoms with Gasteiger partial charge in [0.2, 0.25) is 5.76 Å². The highest BCUT2D eigenvalue weighted by atomic mass is 35.5. The largest absolute Gasteiger partial charge is 0.451 e. The SMILES string of the molecule is Cc1cc2oc(C(=O)Nc3c(C(=O)Nc4cccc(Cl)c4)oc4ccccc34)cc(=O)c2cc1C. The Balaban J connectivity index is 1.53. The number of fused-ring (bicyclic) bond motifs is 2. The molecule has 0 unspecified atom stereocenters. The third-order valence-electron chi connectivity index (χ3n) is 5.69. The van der Waals surface area contributed by atoms with Crippen LogP contribution in [-0.2, 0) is 0 Å². The lowest BCUT2D eigenvalue weighted by Gasteiger charge is -2.08. The number of para-hydroxylation sites is 1. The second-order valence-electron chi connectivity index (χ2n) is 8.13. The van der Waals surface area contributed by atoms with E-state index in [-0.39, 0.29) is 22.6 Å². The van der Waals surface area contributed by atoms with Crippen molar-refractivity contribution in [2.45, 2.75) is 13.8 Å². The van der Waals surface area contributed by atoms with E-state index in [0.29, 0.717) is 32.6 Å². The third kappa shape index (κ3) is 4.29. The number of aryl methyl sites for hydroxylation is 2. The zero-order valence-corrected chi connectivity index (χ0v) is 19.5. The summed E-state index contributed by atoms with van der Waals surface area (Å²) in [6.45, 7) is 3.79. The highest BCUT2D eigenvalue weighted by Gasteiger charge is 2.24. The number of carbonyl (C=O) groups excluding carboxylic acids is 2. The van der Waals surface area contributed by atoms with Crippen molar-refractivity contribution in [3.63, 3.8) is 0 Å². The van der Waals surface area contributed by atoms with Gasteiger partial charge < -0.3 is 19.5 Å². The van der Waals surface area contributed by atoms with Crippen LogP contribution in [0.15, 0.2) is 80.4 Å². The summed E-state index contributed by atoms with van der Waals surface area (Å²) in [6, 6.07) is 18.2. The molecule has 2 amide bonds. The molecular formula is C27H19ClN2O5. The number of hydrogen-bond acceptors (Lipinski definition) is 5. The third-order valence-corrected chi connectivity index (χ3v) is 5.93. The van der Waals surface area contributed by atoms with Gasteiger partial charge in [-0.05, 0) is 67.4 Å². The number of nitrogens with one attached hydrogen (secondary N) is 2. The first-order chi connectivity index (χ1) is 16.8. The van der Waals surface area contributed by atoms with Crippen LogP contribution in [0, 0.1) is 13.8 Å². The summed E-state index contributed by atoms with van der Waals surface area (Å²) in [4.78, 5) is 38.9. The molecule has 0 atom stereocenters. The molecule has 0 spiro atoms. The Morgan fingerprint density at radius 2 is 1.54 bits per heavy atom. The van der Waals surface area contributed by atoms with E-state index in [0.717, 1.165) is 17.2 Å². The van der Waals surface area contributed by atoms with Crippen LogP contribution in [-0.4, -0.2) is 11.8 Å². The van der Waals surface area contributed by atoms with Crippen LogP contribution < -0.4 is 16.1 Å². The summed E-state index contributed by atoms with van der Waals surface area (Å²) in [5, 5.41) is 6.78. The maximum absolute atomic E-state index is 13.1. The first-order valence-electron chi connectivity index (χ1n) is 10.7. The van der Waals surface area contributed by atoms with E-state index in [1.165, 1.54) is 0 Å². The van der Waals surface area contributed by atoms with Crippen LogP contribution in [0.5, 0.6) is 0 Å². The van der Waals surface area contributed by atoms with Crippen molar-refractivity contribution in [2.24, 2.45) is 0 Å². The average Bonchev–Trinajstić information content (AvgIpc) is 3.19. The minimum Gasteiger partial charge on any atom is -0.451 e. The molecule has 0 aliphatic carbocycles. The van der Waals surface area contributed by atoms with Crippen LogP contribution in [0.3, 0.4) is 0 Å². The van der Waals surface area contributed by atoms with Gasteiger partial charge in [0.25, 0.3) is 11.8 Å². The van der Waals surface area contributed by atoms with Gasteiger partial charge in [-0.15, -0.1) is 0 Å². The monoisotopic (exact) mass is 486 g/mol. The van der Waals surface area contributed by atoms with Gasteiger partial charge in [-0.2, -0.15) is 0 Å². The fourth-order valence-electron chi connectivity index (χ4n) is 3.78. The molecule has 0 saturated heterocycles. The molecule has 0 aliphatic rings. The van der Waals surface area contributed by atoms with Crippen molar-refractivity contribution in [3.05, 3.63) is 105 Å². The van der Waals surface area contributed by atoms with E-state index in [9.17, 15) is 14.4 Å². The number of rotatable bonds is 4. The first kappa shape index (κ1) is 22.4. The number of benzene rings is 3. The number of halogens is 1. The van der Waals surface area contributed by atoms with Crippen LogP contribution in [0.4, 0.5) is 11.4 Å². The fraction of sp³-hybridized carbons (Fsp3) is 0.0741. The van der Waals surface area contributed by atoms with Gasteiger partial charge in [0.1, 0.15) is 16.9 Å². The van der Waals surface area contributed by atoms with Gasteiger partial charge in [0.05, 0.1) is 5.39 Å². The molecular weight excluding hydrogens is 468 g/mol. The van der Waals surface area contributed by atoms with Crippen molar-refractivity contribution in [3.8, 4) is 0 Å². The van der Waals surface area contributed by atoms with Crippen molar-refractivity contribution >= 4 is 56.7 Å². The van der Waals surface area contributed by atoms with E-state index in [4.69, 9.17) is 20.4 Å². The smallest absolute Gasteiger partial charge is 0.293 e. The number of furan rings is 1. The van der Waals surface area contributed by atoms with Crippen LogP contribution in [0.2, 0.25) is 5.02 Å². The van der Waals surface area contributed by atoms with E-state index in [2.05, 4.69) is 10.6 Å².